The monoisotopic (exact) mass is 126 g/mol. The lowest BCUT2D eigenvalue weighted by Crippen LogP contribution is -1.82. The highest BCUT2D eigenvalue weighted by Crippen LogP contribution is 2.08. The first kappa shape index (κ1) is 6.33. The van der Waals surface area contributed by atoms with Crippen LogP contribution in [0.5, 0.6) is 0 Å². The Kier molecular flexibility index (Phi) is 1.56. The Hall–Kier alpha value is -0.790. The molecule has 1 N–H and O–H groups in total. The quantitative estimate of drug-likeness (QED) is 0.611. The van der Waals surface area contributed by atoms with Crippen LogP contribution in [0.4, 0.5) is 0 Å². The van der Waals surface area contributed by atoms with Crippen LogP contribution in [-0.4, -0.2) is 10.2 Å². The van der Waals surface area contributed by atoms with Gasteiger partial charge in [-0.25, -0.2) is 0 Å². The van der Waals surface area contributed by atoms with Gasteiger partial charge in [-0.1, -0.05) is 6.92 Å². The van der Waals surface area contributed by atoms with Crippen molar-refractivity contribution in [3.63, 3.8) is 0 Å². The van der Waals surface area contributed by atoms with Gasteiger partial charge < -0.3 is 0 Å². The number of H-pyrrole nitrogens is 1. The number of rotatable bonds is 1. The number of aromatic amines is 1. The highest BCUT2D eigenvalue weighted by Gasteiger charge is 2.00. The predicted molar refractivity (Wildman–Crippen MR) is 39.6 cm³/mol. The lowest BCUT2D eigenvalue weighted by molar-refractivity contribution is 1.02. The Balaban J connectivity index is 0.000000810. The van der Waals surface area contributed by atoms with Crippen LogP contribution in [-0.2, 0) is 6.42 Å². The van der Waals surface area contributed by atoms with Gasteiger partial charge in [0.15, 0.2) is 0 Å². The molecule has 0 saturated carbocycles. The Labute approximate surface area is 56.8 Å². The van der Waals surface area contributed by atoms with Crippen molar-refractivity contribution in [2.24, 2.45) is 0 Å². The second kappa shape index (κ2) is 2.21. The van der Waals surface area contributed by atoms with Crippen molar-refractivity contribution in [3.05, 3.63) is 17.0 Å². The molecular formula is C7H14N2. The Morgan fingerprint density at radius 2 is 2.22 bits per heavy atom. The average molecular weight is 126 g/mol. The van der Waals surface area contributed by atoms with E-state index in [1.165, 1.54) is 11.3 Å². The molecular weight excluding hydrogens is 112 g/mol. The lowest BCUT2D eigenvalue weighted by Gasteiger charge is -1.91. The Morgan fingerprint density at radius 3 is 2.44 bits per heavy atom. The lowest BCUT2D eigenvalue weighted by atomic mass is 10.1. The molecule has 0 aliphatic carbocycles. The zero-order chi connectivity index (χ0) is 6.85. The van der Waals surface area contributed by atoms with Crippen LogP contribution in [0.15, 0.2) is 0 Å². The SMILES string of the molecule is CCc1c(C)n[nH]c1C.[HH]. The van der Waals surface area contributed by atoms with Crippen LogP contribution in [0.1, 0.15) is 25.3 Å². The standard InChI is InChI=1S/C7H12N2.H2/c1-4-7-5(2)8-9-6(7)3;/h4H2,1-3H3,(H,8,9);1H. The maximum absolute atomic E-state index is 4.06. The molecule has 0 aliphatic rings. The minimum atomic E-state index is 0. The number of aryl methyl sites for hydroxylation is 2. The number of aromatic nitrogens is 2. The fourth-order valence-corrected chi connectivity index (χ4v) is 1.10. The van der Waals surface area contributed by atoms with Crippen LogP contribution < -0.4 is 0 Å². The summed E-state index contributed by atoms with van der Waals surface area (Å²) in [5, 5.41) is 7.00. The molecule has 0 radical (unpaired) electrons. The van der Waals surface area contributed by atoms with E-state index < -0.39 is 0 Å². The molecule has 1 aromatic rings. The third kappa shape index (κ3) is 0.969. The van der Waals surface area contributed by atoms with Gasteiger partial charge in [0.25, 0.3) is 0 Å². The molecule has 0 spiro atoms. The van der Waals surface area contributed by atoms with Gasteiger partial charge >= 0.3 is 0 Å². The van der Waals surface area contributed by atoms with Crippen molar-refractivity contribution in [3.8, 4) is 0 Å². The summed E-state index contributed by atoms with van der Waals surface area (Å²) in [6.45, 7) is 6.23. The molecule has 0 atom stereocenters. The Bertz CT molecular complexity index is 186. The summed E-state index contributed by atoms with van der Waals surface area (Å²) < 4.78 is 0. The molecule has 0 saturated heterocycles. The zero-order valence-corrected chi connectivity index (χ0v) is 6.15. The Morgan fingerprint density at radius 1 is 1.56 bits per heavy atom. The summed E-state index contributed by atoms with van der Waals surface area (Å²) >= 11 is 0. The van der Waals surface area contributed by atoms with Crippen molar-refractivity contribution in [2.45, 2.75) is 27.2 Å². The summed E-state index contributed by atoms with van der Waals surface area (Å²) in [7, 11) is 0. The van der Waals surface area contributed by atoms with Gasteiger partial charge in [-0.05, 0) is 25.8 Å². The molecule has 0 unspecified atom stereocenters. The maximum Gasteiger partial charge on any atom is 0.0625 e. The zero-order valence-electron chi connectivity index (χ0n) is 6.15. The van der Waals surface area contributed by atoms with E-state index in [1.54, 1.807) is 0 Å². The van der Waals surface area contributed by atoms with Crippen LogP contribution in [0.2, 0.25) is 0 Å². The molecule has 2 nitrogen and oxygen atoms in total. The smallest absolute Gasteiger partial charge is 0.0625 e. The van der Waals surface area contributed by atoms with Gasteiger partial charge in [0.1, 0.15) is 0 Å². The van der Waals surface area contributed by atoms with Crippen LogP contribution in [0.25, 0.3) is 0 Å². The van der Waals surface area contributed by atoms with Gasteiger partial charge in [-0.3, -0.25) is 5.10 Å². The second-order valence-corrected chi connectivity index (χ2v) is 2.27. The molecule has 0 fully saturated rings. The average Bonchev–Trinajstić information content (AvgIpc) is 2.12. The number of hydrogen-bond donors (Lipinski definition) is 1. The van der Waals surface area contributed by atoms with Gasteiger partial charge in [0.05, 0.1) is 5.69 Å². The van der Waals surface area contributed by atoms with Crippen molar-refractivity contribution < 1.29 is 1.43 Å². The molecule has 9 heavy (non-hydrogen) atoms. The molecule has 1 aromatic heterocycles. The topological polar surface area (TPSA) is 28.7 Å². The van der Waals surface area contributed by atoms with Gasteiger partial charge in [-0.2, -0.15) is 5.10 Å². The largest absolute Gasteiger partial charge is 0.282 e. The maximum atomic E-state index is 4.06. The van der Waals surface area contributed by atoms with Crippen molar-refractivity contribution >= 4 is 0 Å². The first-order valence-corrected chi connectivity index (χ1v) is 3.26. The molecule has 0 bridgehead atoms. The first-order valence-electron chi connectivity index (χ1n) is 3.26. The predicted octanol–water partition coefficient (Wildman–Crippen LogP) is 1.83. The van der Waals surface area contributed by atoms with Gasteiger partial charge in [0.2, 0.25) is 0 Å². The minimum absolute atomic E-state index is 0. The van der Waals surface area contributed by atoms with E-state index in [0.717, 1.165) is 12.1 Å². The van der Waals surface area contributed by atoms with Crippen LogP contribution >= 0.6 is 0 Å². The van der Waals surface area contributed by atoms with E-state index in [2.05, 4.69) is 24.0 Å². The first-order chi connectivity index (χ1) is 4.25. The summed E-state index contributed by atoms with van der Waals surface area (Å²) in [6.07, 6.45) is 1.08. The summed E-state index contributed by atoms with van der Waals surface area (Å²) in [4.78, 5) is 0. The van der Waals surface area contributed by atoms with Crippen molar-refractivity contribution in [2.75, 3.05) is 0 Å². The van der Waals surface area contributed by atoms with E-state index in [9.17, 15) is 0 Å². The summed E-state index contributed by atoms with van der Waals surface area (Å²) in [5.74, 6) is 0. The minimum Gasteiger partial charge on any atom is -0.282 e. The fourth-order valence-electron chi connectivity index (χ4n) is 1.10. The van der Waals surface area contributed by atoms with Crippen molar-refractivity contribution in [1.29, 1.82) is 0 Å². The summed E-state index contributed by atoms with van der Waals surface area (Å²) in [5.41, 5.74) is 3.69. The van der Waals surface area contributed by atoms with E-state index >= 15 is 0 Å². The summed E-state index contributed by atoms with van der Waals surface area (Å²) in [6, 6.07) is 0. The highest BCUT2D eigenvalue weighted by atomic mass is 15.1. The molecule has 0 amide bonds. The molecule has 1 rings (SSSR count). The fraction of sp³-hybridized carbons (Fsp3) is 0.571. The highest BCUT2D eigenvalue weighted by molar-refractivity contribution is 5.22. The van der Waals surface area contributed by atoms with E-state index in [-0.39, 0.29) is 1.43 Å². The van der Waals surface area contributed by atoms with Gasteiger partial charge in [-0.15, -0.1) is 0 Å². The van der Waals surface area contributed by atoms with Crippen LogP contribution in [0, 0.1) is 13.8 Å². The molecule has 1 heterocycles. The van der Waals surface area contributed by atoms with E-state index in [1.807, 2.05) is 6.92 Å². The molecule has 52 valence electrons. The molecule has 0 aliphatic heterocycles. The third-order valence-electron chi connectivity index (χ3n) is 1.63. The molecule has 0 aromatic carbocycles. The third-order valence-corrected chi connectivity index (χ3v) is 1.63. The normalized spacial score (nSPS) is 10.1. The van der Waals surface area contributed by atoms with E-state index in [0.29, 0.717) is 0 Å². The number of hydrogen-bond acceptors (Lipinski definition) is 1. The van der Waals surface area contributed by atoms with Crippen LogP contribution in [0.3, 0.4) is 0 Å². The second-order valence-electron chi connectivity index (χ2n) is 2.27. The molecule has 2 heteroatoms. The van der Waals surface area contributed by atoms with E-state index in [4.69, 9.17) is 0 Å². The number of nitrogens with zero attached hydrogens (tertiary/aromatic N) is 1. The number of nitrogens with one attached hydrogen (secondary N) is 1. The van der Waals surface area contributed by atoms with Gasteiger partial charge in [0, 0.05) is 7.12 Å². The van der Waals surface area contributed by atoms with Crippen molar-refractivity contribution in [1.82, 2.24) is 10.2 Å².